The van der Waals surface area contributed by atoms with Crippen LogP contribution in [0.5, 0.6) is 17.2 Å². The first kappa shape index (κ1) is 13.3. The van der Waals surface area contributed by atoms with E-state index in [0.29, 0.717) is 11.1 Å². The van der Waals surface area contributed by atoms with Gasteiger partial charge in [0, 0.05) is 27.8 Å². The lowest BCUT2D eigenvalue weighted by Gasteiger charge is -2.23. The summed E-state index contributed by atoms with van der Waals surface area (Å²) in [4.78, 5) is 25.3. The molecule has 0 saturated heterocycles. The van der Waals surface area contributed by atoms with E-state index in [-0.39, 0.29) is 28.1 Å². The van der Waals surface area contributed by atoms with Gasteiger partial charge in [0.05, 0.1) is 0 Å². The number of ketones is 2. The van der Waals surface area contributed by atoms with E-state index >= 15 is 0 Å². The summed E-state index contributed by atoms with van der Waals surface area (Å²) in [6.45, 7) is 0. The number of aromatic hydroxyl groups is 3. The van der Waals surface area contributed by atoms with Crippen molar-refractivity contribution in [3.63, 3.8) is 0 Å². The van der Waals surface area contributed by atoms with E-state index in [1.807, 2.05) is 0 Å². The number of carbonyl (C=O) groups is 2. The maximum Gasteiger partial charge on any atom is 0.200 e. The zero-order valence-corrected chi connectivity index (χ0v) is 11.7. The molecule has 3 N–H and O–H groups in total. The molecule has 0 spiro atoms. The Labute approximate surface area is 130 Å². The number of fused-ring (bicyclic) bond motifs is 3. The molecule has 2 aromatic carbocycles. The minimum absolute atomic E-state index is 0.0326. The Morgan fingerprint density at radius 1 is 0.739 bits per heavy atom. The second-order valence-electron chi connectivity index (χ2n) is 5.42. The molecule has 0 amide bonds. The normalized spacial score (nSPS) is 15.3. The predicted molar refractivity (Wildman–Crippen MR) is 82.5 cm³/mol. The molecule has 5 nitrogen and oxygen atoms in total. The van der Waals surface area contributed by atoms with E-state index in [1.165, 1.54) is 6.08 Å². The van der Waals surface area contributed by atoms with Gasteiger partial charge in [-0.1, -0.05) is 24.3 Å². The van der Waals surface area contributed by atoms with Crippen LogP contribution >= 0.6 is 0 Å². The molecule has 0 radical (unpaired) electrons. The molecule has 2 aliphatic rings. The lowest BCUT2D eigenvalue weighted by Crippen LogP contribution is -2.21. The molecule has 23 heavy (non-hydrogen) atoms. The molecule has 2 aliphatic carbocycles. The lowest BCUT2D eigenvalue weighted by atomic mass is 9.78. The Morgan fingerprint density at radius 2 is 1.39 bits per heavy atom. The van der Waals surface area contributed by atoms with Crippen molar-refractivity contribution < 1.29 is 24.9 Å². The summed E-state index contributed by atoms with van der Waals surface area (Å²) in [5.41, 5.74) is 1.58. The van der Waals surface area contributed by atoms with Crippen molar-refractivity contribution in [2.24, 2.45) is 0 Å². The van der Waals surface area contributed by atoms with Crippen LogP contribution in [0.1, 0.15) is 31.8 Å². The predicted octanol–water partition coefficient (Wildman–Crippen LogP) is 2.66. The van der Waals surface area contributed by atoms with E-state index in [0.717, 1.165) is 6.07 Å². The molecule has 112 valence electrons. The second kappa shape index (κ2) is 4.33. The summed E-state index contributed by atoms with van der Waals surface area (Å²) >= 11 is 0. The number of phenolic OH excluding ortho intramolecular Hbond substituents is 3. The summed E-state index contributed by atoms with van der Waals surface area (Å²) in [5.74, 6) is -2.72. The fourth-order valence-electron chi connectivity index (χ4n) is 2.94. The molecule has 5 heteroatoms. The van der Waals surface area contributed by atoms with Gasteiger partial charge >= 0.3 is 0 Å². The number of phenols is 3. The van der Waals surface area contributed by atoms with Crippen molar-refractivity contribution in [1.82, 2.24) is 0 Å². The molecule has 0 saturated carbocycles. The molecule has 0 unspecified atom stereocenters. The van der Waals surface area contributed by atoms with Gasteiger partial charge in [-0.2, -0.15) is 0 Å². The van der Waals surface area contributed by atoms with Crippen LogP contribution in [-0.4, -0.2) is 26.9 Å². The van der Waals surface area contributed by atoms with Gasteiger partial charge in [0.15, 0.2) is 23.1 Å². The first-order valence-corrected chi connectivity index (χ1v) is 6.89. The number of Topliss-reactive ketones (excluding diaryl/α,β-unsaturated/α-hetero) is 2. The Morgan fingerprint density at radius 3 is 2.17 bits per heavy atom. The molecular weight excluding hydrogens is 296 g/mol. The summed E-state index contributed by atoms with van der Waals surface area (Å²) in [5, 5.41) is 29.2. The van der Waals surface area contributed by atoms with Crippen molar-refractivity contribution in [3.05, 3.63) is 63.7 Å². The second-order valence-corrected chi connectivity index (χ2v) is 5.42. The zero-order chi connectivity index (χ0) is 16.3. The Hall–Kier alpha value is -3.34. The molecular formula is C18H10O5. The van der Waals surface area contributed by atoms with E-state index in [4.69, 9.17) is 0 Å². The minimum Gasteiger partial charge on any atom is -0.504 e. The van der Waals surface area contributed by atoms with Crippen molar-refractivity contribution in [1.29, 1.82) is 0 Å². The topological polar surface area (TPSA) is 94.8 Å². The SMILES string of the molecule is O=C1C2=Cc3c(cc(O)c(O)c3O)C(=O)C2=Cc2ccccc21. The molecule has 0 bridgehead atoms. The average Bonchev–Trinajstić information content (AvgIpc) is 2.55. The summed E-state index contributed by atoms with van der Waals surface area (Å²) in [7, 11) is 0. The highest BCUT2D eigenvalue weighted by Crippen LogP contribution is 2.45. The Kier molecular flexibility index (Phi) is 2.51. The van der Waals surface area contributed by atoms with Gasteiger partial charge in [-0.25, -0.2) is 0 Å². The van der Waals surface area contributed by atoms with Gasteiger partial charge in [-0.05, 0) is 23.8 Å². The molecule has 2 aromatic rings. The zero-order valence-electron chi connectivity index (χ0n) is 11.7. The van der Waals surface area contributed by atoms with E-state index in [9.17, 15) is 24.9 Å². The third-order valence-electron chi connectivity index (χ3n) is 4.11. The monoisotopic (exact) mass is 306 g/mol. The van der Waals surface area contributed by atoms with Crippen LogP contribution < -0.4 is 0 Å². The minimum atomic E-state index is -0.718. The highest BCUT2D eigenvalue weighted by atomic mass is 16.3. The van der Waals surface area contributed by atoms with Crippen LogP contribution in [0.15, 0.2) is 41.5 Å². The quantitative estimate of drug-likeness (QED) is 0.650. The summed E-state index contributed by atoms with van der Waals surface area (Å²) < 4.78 is 0. The number of allylic oxidation sites excluding steroid dienone is 2. The number of benzene rings is 2. The van der Waals surface area contributed by atoms with Crippen LogP contribution in [0.2, 0.25) is 0 Å². The first-order valence-electron chi connectivity index (χ1n) is 6.89. The number of carbonyl (C=O) groups excluding carboxylic acids is 2. The van der Waals surface area contributed by atoms with Crippen molar-refractivity contribution in [2.45, 2.75) is 0 Å². The number of hydrogen-bond acceptors (Lipinski definition) is 5. The number of hydrogen-bond donors (Lipinski definition) is 3. The third-order valence-corrected chi connectivity index (χ3v) is 4.11. The first-order chi connectivity index (χ1) is 11.0. The van der Waals surface area contributed by atoms with Crippen molar-refractivity contribution in [3.8, 4) is 17.2 Å². The van der Waals surface area contributed by atoms with Crippen molar-refractivity contribution in [2.75, 3.05) is 0 Å². The fraction of sp³-hybridized carbons (Fsp3) is 0. The molecule has 0 atom stereocenters. The van der Waals surface area contributed by atoms with Crippen molar-refractivity contribution >= 4 is 23.7 Å². The molecule has 0 heterocycles. The molecule has 0 aromatic heterocycles. The largest absolute Gasteiger partial charge is 0.504 e. The van der Waals surface area contributed by atoms with Gasteiger partial charge in [-0.3, -0.25) is 9.59 Å². The standard InChI is InChI=1S/C18H10O5/c19-14-7-13-12(17(22)18(14)23)6-11-10(16(13)21)5-8-3-1-2-4-9(8)15(11)20/h1-7,19,22-23H. The summed E-state index contributed by atoms with van der Waals surface area (Å²) in [6.07, 6.45) is 2.99. The van der Waals surface area contributed by atoms with E-state index in [2.05, 4.69) is 0 Å². The lowest BCUT2D eigenvalue weighted by molar-refractivity contribution is 0.0994. The van der Waals surface area contributed by atoms with Gasteiger partial charge < -0.3 is 15.3 Å². The smallest absolute Gasteiger partial charge is 0.200 e. The Balaban J connectivity index is 2.04. The van der Waals surface area contributed by atoms with Crippen LogP contribution in [0, 0.1) is 0 Å². The highest BCUT2D eigenvalue weighted by Gasteiger charge is 2.34. The fourth-order valence-corrected chi connectivity index (χ4v) is 2.94. The van der Waals surface area contributed by atoms with Gasteiger partial charge in [0.25, 0.3) is 0 Å². The van der Waals surface area contributed by atoms with E-state index < -0.39 is 23.0 Å². The molecule has 0 fully saturated rings. The van der Waals surface area contributed by atoms with Crippen LogP contribution in [0.3, 0.4) is 0 Å². The maximum atomic E-state index is 12.7. The van der Waals surface area contributed by atoms with Crippen LogP contribution in [-0.2, 0) is 0 Å². The van der Waals surface area contributed by atoms with Gasteiger partial charge in [0.1, 0.15) is 0 Å². The van der Waals surface area contributed by atoms with E-state index in [1.54, 1.807) is 30.3 Å². The molecule has 0 aliphatic heterocycles. The van der Waals surface area contributed by atoms with Crippen LogP contribution in [0.4, 0.5) is 0 Å². The number of rotatable bonds is 0. The third kappa shape index (κ3) is 1.67. The van der Waals surface area contributed by atoms with Crippen LogP contribution in [0.25, 0.3) is 12.2 Å². The average molecular weight is 306 g/mol. The van der Waals surface area contributed by atoms with Gasteiger partial charge in [0.2, 0.25) is 5.75 Å². The maximum absolute atomic E-state index is 12.7. The Bertz CT molecular complexity index is 979. The van der Waals surface area contributed by atoms with Gasteiger partial charge in [-0.15, -0.1) is 0 Å². The summed E-state index contributed by atoms with van der Waals surface area (Å²) in [6, 6.07) is 8.00. The molecule has 4 rings (SSSR count). The highest BCUT2D eigenvalue weighted by molar-refractivity contribution is 6.32.